The van der Waals surface area contributed by atoms with Gasteiger partial charge in [-0.15, -0.1) is 0 Å². The van der Waals surface area contributed by atoms with Crippen LogP contribution in [0, 0.1) is 5.92 Å². The van der Waals surface area contributed by atoms with Gasteiger partial charge in [-0.05, 0) is 69.3 Å². The quantitative estimate of drug-likeness (QED) is 0.680. The normalized spacial score (nSPS) is 21.7. The van der Waals surface area contributed by atoms with Gasteiger partial charge in [-0.3, -0.25) is 9.59 Å². The molecule has 3 aliphatic heterocycles. The number of morpholine rings is 1. The van der Waals surface area contributed by atoms with Gasteiger partial charge in [-0.25, -0.2) is 0 Å². The highest BCUT2D eigenvalue weighted by molar-refractivity contribution is 5.94. The third-order valence-corrected chi connectivity index (χ3v) is 7.49. The van der Waals surface area contributed by atoms with Crippen LogP contribution in [0.25, 0.3) is 0 Å². The molecule has 1 aromatic carbocycles. The number of hydrogen-bond acceptors (Lipinski definition) is 4. The molecule has 32 heavy (non-hydrogen) atoms. The molecule has 0 spiro atoms. The summed E-state index contributed by atoms with van der Waals surface area (Å²) >= 11 is 0. The van der Waals surface area contributed by atoms with Gasteiger partial charge in [-0.2, -0.15) is 0 Å². The predicted octanol–water partition coefficient (Wildman–Crippen LogP) is 3.20. The Labute approximate surface area is 192 Å². The molecule has 3 heterocycles. The van der Waals surface area contributed by atoms with Crippen LogP contribution in [0.2, 0.25) is 0 Å². The fraction of sp³-hybridized carbons (Fsp3) is 0.692. The minimum Gasteiger partial charge on any atom is -0.378 e. The largest absolute Gasteiger partial charge is 0.378 e. The number of aryl methyl sites for hydroxylation is 1. The summed E-state index contributed by atoms with van der Waals surface area (Å²) in [5.41, 5.74) is 2.13. The lowest BCUT2D eigenvalue weighted by Crippen LogP contribution is -2.51. The van der Waals surface area contributed by atoms with Gasteiger partial charge < -0.3 is 19.4 Å². The zero-order valence-corrected chi connectivity index (χ0v) is 19.6. The van der Waals surface area contributed by atoms with Crippen LogP contribution in [-0.4, -0.2) is 85.0 Å². The van der Waals surface area contributed by atoms with Crippen molar-refractivity contribution in [1.82, 2.24) is 14.7 Å². The van der Waals surface area contributed by atoms with Crippen LogP contribution in [0.15, 0.2) is 24.3 Å². The molecular weight excluding hydrogens is 402 g/mol. The van der Waals surface area contributed by atoms with Gasteiger partial charge in [0.05, 0.1) is 13.2 Å². The average Bonchev–Trinajstić information content (AvgIpc) is 2.87. The summed E-state index contributed by atoms with van der Waals surface area (Å²) < 4.78 is 5.38. The first-order valence-corrected chi connectivity index (χ1v) is 12.6. The Morgan fingerprint density at radius 3 is 2.16 bits per heavy atom. The van der Waals surface area contributed by atoms with E-state index < -0.39 is 0 Å². The Hall–Kier alpha value is -1.92. The van der Waals surface area contributed by atoms with E-state index in [1.807, 2.05) is 21.9 Å². The molecule has 3 saturated heterocycles. The smallest absolute Gasteiger partial charge is 0.253 e. The monoisotopic (exact) mass is 441 g/mol. The van der Waals surface area contributed by atoms with Gasteiger partial charge >= 0.3 is 0 Å². The minimum atomic E-state index is 0.167. The maximum Gasteiger partial charge on any atom is 0.253 e. The van der Waals surface area contributed by atoms with Gasteiger partial charge in [-0.1, -0.05) is 25.5 Å². The first-order valence-electron chi connectivity index (χ1n) is 12.6. The van der Waals surface area contributed by atoms with Gasteiger partial charge in [0.25, 0.3) is 5.91 Å². The summed E-state index contributed by atoms with van der Waals surface area (Å²) in [6, 6.07) is 8.75. The Balaban J connectivity index is 1.21. The number of ether oxygens (including phenoxy) is 1. The highest BCUT2D eigenvalue weighted by Crippen LogP contribution is 2.26. The Morgan fingerprint density at radius 1 is 0.875 bits per heavy atom. The van der Waals surface area contributed by atoms with Crippen LogP contribution in [0.1, 0.15) is 61.4 Å². The fourth-order valence-electron chi connectivity index (χ4n) is 5.37. The zero-order chi connectivity index (χ0) is 22.3. The predicted molar refractivity (Wildman–Crippen MR) is 126 cm³/mol. The second kappa shape index (κ2) is 11.3. The lowest BCUT2D eigenvalue weighted by molar-refractivity contribution is -0.141. The molecule has 0 aliphatic carbocycles. The van der Waals surface area contributed by atoms with E-state index >= 15 is 0 Å². The maximum absolute atomic E-state index is 12.9. The number of piperidine rings is 2. The molecule has 0 radical (unpaired) electrons. The molecule has 176 valence electrons. The van der Waals surface area contributed by atoms with Crippen LogP contribution < -0.4 is 0 Å². The summed E-state index contributed by atoms with van der Waals surface area (Å²) in [7, 11) is 0. The number of carbonyl (C=O) groups is 2. The van der Waals surface area contributed by atoms with Crippen molar-refractivity contribution in [3.63, 3.8) is 0 Å². The number of rotatable bonds is 6. The molecule has 0 N–H and O–H groups in total. The molecule has 1 aromatic rings. The molecular formula is C26H39N3O3. The standard InChI is InChI=1S/C26H39N3O3/c1-2-3-4-21-5-7-22(8-6-21)25(30)28-15-11-24(12-16-28)27-13-9-23(10-14-27)26(31)29-17-19-32-20-18-29/h5-8,23-24H,2-4,9-20H2,1H3. The molecule has 2 amide bonds. The number of nitrogens with zero attached hydrogens (tertiary/aromatic N) is 3. The van der Waals surface area contributed by atoms with E-state index in [1.165, 1.54) is 18.4 Å². The number of likely N-dealkylation sites (tertiary alicyclic amines) is 2. The SMILES string of the molecule is CCCCc1ccc(C(=O)N2CCC(N3CCC(C(=O)N4CCOCC4)CC3)CC2)cc1. The summed E-state index contributed by atoms with van der Waals surface area (Å²) in [5.74, 6) is 0.667. The van der Waals surface area contributed by atoms with E-state index in [2.05, 4.69) is 24.0 Å². The van der Waals surface area contributed by atoms with E-state index in [-0.39, 0.29) is 11.8 Å². The molecule has 4 rings (SSSR count). The summed E-state index contributed by atoms with van der Waals surface area (Å²) in [6.07, 6.45) is 7.45. The second-order valence-electron chi connectivity index (χ2n) is 9.57. The van der Waals surface area contributed by atoms with Crippen molar-refractivity contribution in [3.8, 4) is 0 Å². The summed E-state index contributed by atoms with van der Waals surface area (Å²) in [4.78, 5) is 32.3. The van der Waals surface area contributed by atoms with Crippen molar-refractivity contribution in [2.45, 2.75) is 57.9 Å². The maximum atomic E-state index is 12.9. The Bertz CT molecular complexity index is 744. The molecule has 6 heteroatoms. The van der Waals surface area contributed by atoms with Crippen molar-refractivity contribution in [2.75, 3.05) is 52.5 Å². The van der Waals surface area contributed by atoms with Crippen LogP contribution >= 0.6 is 0 Å². The molecule has 0 saturated carbocycles. The van der Waals surface area contributed by atoms with E-state index in [1.54, 1.807) is 0 Å². The Kier molecular flexibility index (Phi) is 8.20. The topological polar surface area (TPSA) is 53.1 Å². The molecule has 0 aromatic heterocycles. The number of carbonyl (C=O) groups excluding carboxylic acids is 2. The molecule has 0 bridgehead atoms. The third kappa shape index (κ3) is 5.70. The van der Waals surface area contributed by atoms with Crippen molar-refractivity contribution < 1.29 is 14.3 Å². The lowest BCUT2D eigenvalue weighted by Gasteiger charge is -2.42. The summed E-state index contributed by atoms with van der Waals surface area (Å²) in [6.45, 7) is 8.68. The fourth-order valence-corrected chi connectivity index (χ4v) is 5.37. The zero-order valence-electron chi connectivity index (χ0n) is 19.6. The number of amides is 2. The van der Waals surface area contributed by atoms with Gasteiger partial charge in [0.15, 0.2) is 0 Å². The van der Waals surface area contributed by atoms with Gasteiger partial charge in [0.1, 0.15) is 0 Å². The van der Waals surface area contributed by atoms with Gasteiger partial charge in [0, 0.05) is 43.7 Å². The van der Waals surface area contributed by atoms with Crippen molar-refractivity contribution in [1.29, 1.82) is 0 Å². The van der Waals surface area contributed by atoms with E-state index in [4.69, 9.17) is 4.74 Å². The first-order chi connectivity index (χ1) is 15.7. The van der Waals surface area contributed by atoms with Crippen LogP contribution in [0.5, 0.6) is 0 Å². The van der Waals surface area contributed by atoms with E-state index in [0.29, 0.717) is 25.2 Å². The lowest BCUT2D eigenvalue weighted by atomic mass is 9.92. The van der Waals surface area contributed by atoms with Crippen LogP contribution in [-0.2, 0) is 16.0 Å². The van der Waals surface area contributed by atoms with Crippen molar-refractivity contribution in [2.24, 2.45) is 5.92 Å². The van der Waals surface area contributed by atoms with Gasteiger partial charge in [0.2, 0.25) is 5.91 Å². The molecule has 6 nitrogen and oxygen atoms in total. The summed E-state index contributed by atoms with van der Waals surface area (Å²) in [5, 5.41) is 0. The Morgan fingerprint density at radius 2 is 1.53 bits per heavy atom. The highest BCUT2D eigenvalue weighted by Gasteiger charge is 2.33. The van der Waals surface area contributed by atoms with E-state index in [0.717, 1.165) is 76.9 Å². The molecule has 0 atom stereocenters. The number of unbranched alkanes of at least 4 members (excludes halogenated alkanes) is 1. The second-order valence-corrected chi connectivity index (χ2v) is 9.57. The first kappa shape index (κ1) is 23.2. The van der Waals surface area contributed by atoms with Crippen LogP contribution in [0.3, 0.4) is 0 Å². The molecule has 3 fully saturated rings. The van der Waals surface area contributed by atoms with E-state index in [9.17, 15) is 9.59 Å². The average molecular weight is 442 g/mol. The minimum absolute atomic E-state index is 0.167. The number of benzene rings is 1. The van der Waals surface area contributed by atoms with Crippen molar-refractivity contribution >= 4 is 11.8 Å². The highest BCUT2D eigenvalue weighted by atomic mass is 16.5. The number of hydrogen-bond donors (Lipinski definition) is 0. The van der Waals surface area contributed by atoms with Crippen LogP contribution in [0.4, 0.5) is 0 Å². The third-order valence-electron chi connectivity index (χ3n) is 7.49. The molecule has 3 aliphatic rings. The molecule has 0 unspecified atom stereocenters. The van der Waals surface area contributed by atoms with Crippen molar-refractivity contribution in [3.05, 3.63) is 35.4 Å².